The number of aryl methyl sites for hydroxylation is 2. The number of thiophene rings is 2. The first-order valence-electron chi connectivity index (χ1n) is 12.1. The molecule has 5 rings (SSSR count). The van der Waals surface area contributed by atoms with E-state index in [1.165, 1.54) is 15.3 Å². The van der Waals surface area contributed by atoms with Gasteiger partial charge in [0.15, 0.2) is 17.4 Å². The Labute approximate surface area is 208 Å². The van der Waals surface area contributed by atoms with Crippen LogP contribution in [0, 0.1) is 19.8 Å². The maximum absolute atomic E-state index is 12.9. The van der Waals surface area contributed by atoms with Gasteiger partial charge in [-0.05, 0) is 86.4 Å². The van der Waals surface area contributed by atoms with Crippen LogP contribution in [0.2, 0.25) is 0 Å². The molecule has 1 aliphatic carbocycles. The number of carbonyl (C=O) groups is 2. The van der Waals surface area contributed by atoms with Gasteiger partial charge in [0, 0.05) is 29.3 Å². The molecule has 0 radical (unpaired) electrons. The normalized spacial score (nSPS) is 18.4. The summed E-state index contributed by atoms with van der Waals surface area (Å²) < 4.78 is 2.40. The van der Waals surface area contributed by atoms with Gasteiger partial charge >= 0.3 is 0 Å². The van der Waals surface area contributed by atoms with Crippen LogP contribution in [0.5, 0.6) is 0 Å². The largest absolute Gasteiger partial charge is 0.320 e. The molecule has 3 aromatic heterocycles. The van der Waals surface area contributed by atoms with Crippen LogP contribution in [0.1, 0.15) is 82.0 Å². The summed E-state index contributed by atoms with van der Waals surface area (Å²) in [6.07, 6.45) is 5.38. The third-order valence-corrected chi connectivity index (χ3v) is 9.06. The second kappa shape index (κ2) is 9.59. The molecule has 0 aliphatic heterocycles. The summed E-state index contributed by atoms with van der Waals surface area (Å²) >= 11 is 3.32. The minimum atomic E-state index is 0.144. The first kappa shape index (κ1) is 23.2. The highest BCUT2D eigenvalue weighted by Gasteiger charge is 2.29. The quantitative estimate of drug-likeness (QED) is 0.246. The van der Waals surface area contributed by atoms with E-state index in [1.807, 2.05) is 31.2 Å². The molecular formula is C28H30N2O2S2. The highest BCUT2D eigenvalue weighted by Crippen LogP contribution is 2.41. The van der Waals surface area contributed by atoms with E-state index < -0.39 is 0 Å². The summed E-state index contributed by atoms with van der Waals surface area (Å²) in [5.41, 5.74) is 3.92. The molecule has 34 heavy (non-hydrogen) atoms. The van der Waals surface area contributed by atoms with Crippen LogP contribution in [-0.2, 0) is 0 Å². The lowest BCUT2D eigenvalue weighted by molar-refractivity contribution is 0.0944. The van der Waals surface area contributed by atoms with Crippen LogP contribution in [0.4, 0.5) is 0 Å². The van der Waals surface area contributed by atoms with Crippen molar-refractivity contribution in [2.24, 2.45) is 5.92 Å². The van der Waals surface area contributed by atoms with Gasteiger partial charge in [0.25, 0.3) is 0 Å². The molecule has 0 bridgehead atoms. The topological polar surface area (TPSA) is 52.0 Å². The molecule has 6 heteroatoms. The third kappa shape index (κ3) is 4.41. The predicted molar refractivity (Wildman–Crippen MR) is 141 cm³/mol. The van der Waals surface area contributed by atoms with Crippen molar-refractivity contribution >= 4 is 45.3 Å². The SMILES string of the molecule is CCC(=O)c1ccc2c(c1)nc(-c1sccc1C)n2[C@H]1CCC[C@@H](CC(=O)c2ccc(C)s2)C1. The molecule has 1 aliphatic rings. The molecule has 0 amide bonds. The van der Waals surface area contributed by atoms with E-state index >= 15 is 0 Å². The van der Waals surface area contributed by atoms with Crippen LogP contribution < -0.4 is 0 Å². The number of hydrogen-bond acceptors (Lipinski definition) is 5. The van der Waals surface area contributed by atoms with Crippen molar-refractivity contribution in [3.63, 3.8) is 0 Å². The van der Waals surface area contributed by atoms with Crippen molar-refractivity contribution < 1.29 is 9.59 Å². The highest BCUT2D eigenvalue weighted by atomic mass is 32.1. The minimum absolute atomic E-state index is 0.144. The molecule has 4 aromatic rings. The van der Waals surface area contributed by atoms with E-state index in [9.17, 15) is 9.59 Å². The van der Waals surface area contributed by atoms with Crippen LogP contribution in [0.15, 0.2) is 41.8 Å². The molecule has 0 N–H and O–H groups in total. The number of benzene rings is 1. The van der Waals surface area contributed by atoms with E-state index in [-0.39, 0.29) is 11.6 Å². The summed E-state index contributed by atoms with van der Waals surface area (Å²) in [7, 11) is 0. The fraction of sp³-hybridized carbons (Fsp3) is 0.393. The fourth-order valence-electron chi connectivity index (χ4n) is 5.24. The molecule has 0 saturated heterocycles. The number of rotatable bonds is 7. The van der Waals surface area contributed by atoms with Gasteiger partial charge in [-0.25, -0.2) is 4.98 Å². The first-order valence-corrected chi connectivity index (χ1v) is 13.8. The number of carbonyl (C=O) groups excluding carboxylic acids is 2. The van der Waals surface area contributed by atoms with Crippen LogP contribution >= 0.6 is 22.7 Å². The zero-order valence-corrected chi connectivity index (χ0v) is 21.6. The zero-order valence-electron chi connectivity index (χ0n) is 20.0. The van der Waals surface area contributed by atoms with Crippen molar-refractivity contribution in [3.05, 3.63) is 62.7 Å². The van der Waals surface area contributed by atoms with Gasteiger partial charge in [0.05, 0.1) is 20.8 Å². The third-order valence-electron chi connectivity index (χ3n) is 7.01. The lowest BCUT2D eigenvalue weighted by Crippen LogP contribution is -2.21. The summed E-state index contributed by atoms with van der Waals surface area (Å²) in [4.78, 5) is 33.6. The molecule has 3 heterocycles. The predicted octanol–water partition coefficient (Wildman–Crippen LogP) is 8.04. The summed E-state index contributed by atoms with van der Waals surface area (Å²) in [5.74, 6) is 1.79. The van der Waals surface area contributed by atoms with E-state index in [4.69, 9.17) is 4.98 Å². The van der Waals surface area contributed by atoms with Gasteiger partial charge in [-0.1, -0.05) is 13.3 Å². The van der Waals surface area contributed by atoms with E-state index in [2.05, 4.69) is 35.9 Å². The second-order valence-electron chi connectivity index (χ2n) is 9.44. The lowest BCUT2D eigenvalue weighted by atomic mass is 9.82. The monoisotopic (exact) mass is 490 g/mol. The molecule has 176 valence electrons. The average Bonchev–Trinajstić information content (AvgIpc) is 3.55. The van der Waals surface area contributed by atoms with Crippen molar-refractivity contribution in [1.82, 2.24) is 9.55 Å². The number of Topliss-reactive ketones (excluding diaryl/α,β-unsaturated/α-hetero) is 2. The molecule has 2 atom stereocenters. The van der Waals surface area contributed by atoms with Crippen molar-refractivity contribution in [2.45, 2.75) is 65.3 Å². The van der Waals surface area contributed by atoms with Crippen LogP contribution in [0.3, 0.4) is 0 Å². The molecule has 0 unspecified atom stereocenters. The Morgan fingerprint density at radius 1 is 1.09 bits per heavy atom. The molecule has 4 nitrogen and oxygen atoms in total. The average molecular weight is 491 g/mol. The molecule has 1 aromatic carbocycles. The van der Waals surface area contributed by atoms with Crippen LogP contribution in [0.25, 0.3) is 21.7 Å². The lowest BCUT2D eigenvalue weighted by Gasteiger charge is -2.31. The molecule has 1 saturated carbocycles. The van der Waals surface area contributed by atoms with E-state index in [0.29, 0.717) is 24.8 Å². The fourth-order valence-corrected chi connectivity index (χ4v) is 6.97. The Bertz CT molecular complexity index is 1360. The smallest absolute Gasteiger partial charge is 0.173 e. The molecule has 0 spiro atoms. The van der Waals surface area contributed by atoms with Gasteiger partial charge in [0.2, 0.25) is 0 Å². The van der Waals surface area contributed by atoms with Gasteiger partial charge in [0.1, 0.15) is 0 Å². The van der Waals surface area contributed by atoms with Gasteiger partial charge < -0.3 is 4.57 Å². The Kier molecular flexibility index (Phi) is 6.54. The summed E-state index contributed by atoms with van der Waals surface area (Å²) in [5, 5.41) is 2.12. The zero-order chi connectivity index (χ0) is 23.8. The van der Waals surface area contributed by atoms with Crippen LogP contribution in [-0.4, -0.2) is 21.1 Å². The number of aromatic nitrogens is 2. The van der Waals surface area contributed by atoms with Crippen molar-refractivity contribution in [1.29, 1.82) is 0 Å². The Morgan fingerprint density at radius 2 is 1.94 bits per heavy atom. The maximum Gasteiger partial charge on any atom is 0.173 e. The van der Waals surface area contributed by atoms with Gasteiger partial charge in [-0.2, -0.15) is 0 Å². The summed E-state index contributed by atoms with van der Waals surface area (Å²) in [6.45, 7) is 6.08. The Morgan fingerprint density at radius 3 is 2.65 bits per heavy atom. The van der Waals surface area contributed by atoms with Crippen molar-refractivity contribution in [3.8, 4) is 10.7 Å². The standard InChI is InChI=1S/C28H30N2O2S2/c1-4-24(31)20-9-10-23-22(16-20)29-28(27-17(2)12-13-33-27)30(23)21-7-5-6-19(14-21)15-25(32)26-11-8-18(3)34-26/h8-13,16,19,21H,4-7,14-15H2,1-3H3/t19-,21+/m1/s1. The number of imidazole rings is 1. The Balaban J connectivity index is 1.50. The number of hydrogen-bond donors (Lipinski definition) is 0. The van der Waals surface area contributed by atoms with E-state index in [0.717, 1.165) is 53.0 Å². The number of fused-ring (bicyclic) bond motifs is 1. The second-order valence-corrected chi connectivity index (χ2v) is 11.6. The molecule has 1 fully saturated rings. The highest BCUT2D eigenvalue weighted by molar-refractivity contribution is 7.14. The first-order chi connectivity index (χ1) is 16.4. The molecular weight excluding hydrogens is 460 g/mol. The summed E-state index contributed by atoms with van der Waals surface area (Å²) in [6, 6.07) is 12.4. The minimum Gasteiger partial charge on any atom is -0.320 e. The number of ketones is 2. The Hall–Kier alpha value is -2.57. The number of nitrogens with zero attached hydrogens (tertiary/aromatic N) is 2. The van der Waals surface area contributed by atoms with Crippen molar-refractivity contribution in [2.75, 3.05) is 0 Å². The maximum atomic E-state index is 12.9. The van der Waals surface area contributed by atoms with Gasteiger partial charge in [-0.3, -0.25) is 9.59 Å². The van der Waals surface area contributed by atoms with Gasteiger partial charge in [-0.15, -0.1) is 22.7 Å². The van der Waals surface area contributed by atoms with E-state index in [1.54, 1.807) is 22.7 Å².